The topological polar surface area (TPSA) is 92.5 Å². The van der Waals surface area contributed by atoms with Crippen LogP contribution in [0.25, 0.3) is 0 Å². The maximum absolute atomic E-state index is 11.2. The van der Waals surface area contributed by atoms with E-state index in [2.05, 4.69) is 21.2 Å². The molecule has 0 radical (unpaired) electrons. The van der Waals surface area contributed by atoms with Crippen LogP contribution in [0.2, 0.25) is 0 Å². The fraction of sp³-hybridized carbons (Fsp3) is 0.0714. The first-order chi connectivity index (χ1) is 10.0. The number of carboxylic acids is 1. The lowest BCUT2D eigenvalue weighted by molar-refractivity contribution is -0.384. The molecule has 0 amide bonds. The van der Waals surface area contributed by atoms with Crippen molar-refractivity contribution in [2.24, 2.45) is 0 Å². The average Bonchev–Trinajstić information content (AvgIpc) is 2.45. The van der Waals surface area contributed by atoms with Crippen LogP contribution in [0.5, 0.6) is 0 Å². The Morgan fingerprint density at radius 2 is 1.95 bits per heavy atom. The van der Waals surface area contributed by atoms with Gasteiger partial charge in [-0.15, -0.1) is 0 Å². The Morgan fingerprint density at radius 3 is 2.57 bits per heavy atom. The molecule has 21 heavy (non-hydrogen) atoms. The van der Waals surface area contributed by atoms with Crippen LogP contribution in [0.3, 0.4) is 0 Å². The predicted molar refractivity (Wildman–Crippen MR) is 81.5 cm³/mol. The first-order valence-electron chi connectivity index (χ1n) is 5.98. The number of hydrogen-bond acceptors (Lipinski definition) is 4. The molecule has 0 aliphatic heterocycles. The number of rotatable bonds is 5. The standard InChI is InChI=1S/C14H11BrN2O4/c15-11-6-2-1-4-9(11)8-16-13-10(14(18)19)5-3-7-12(13)17(20)21/h1-7,16H,8H2,(H,18,19). The van der Waals surface area contributed by atoms with Gasteiger partial charge in [0.2, 0.25) is 0 Å². The molecule has 0 aliphatic carbocycles. The van der Waals surface area contributed by atoms with E-state index in [1.165, 1.54) is 18.2 Å². The second kappa shape index (κ2) is 6.36. The summed E-state index contributed by atoms with van der Waals surface area (Å²) in [6.45, 7) is 0.270. The predicted octanol–water partition coefficient (Wildman–Crippen LogP) is 3.67. The van der Waals surface area contributed by atoms with Crippen molar-refractivity contribution in [3.05, 3.63) is 68.2 Å². The molecule has 0 saturated heterocycles. The van der Waals surface area contributed by atoms with Gasteiger partial charge in [0.25, 0.3) is 5.69 Å². The van der Waals surface area contributed by atoms with Crippen molar-refractivity contribution in [2.45, 2.75) is 6.54 Å². The molecule has 2 aromatic rings. The number of carboxylic acid groups (broad SMARTS) is 1. The fourth-order valence-corrected chi connectivity index (χ4v) is 2.31. The van der Waals surface area contributed by atoms with Gasteiger partial charge in [0.15, 0.2) is 0 Å². The first kappa shape index (κ1) is 15.0. The largest absolute Gasteiger partial charge is 0.478 e. The van der Waals surface area contributed by atoms with E-state index in [0.717, 1.165) is 10.0 Å². The van der Waals surface area contributed by atoms with Gasteiger partial charge in [0, 0.05) is 17.1 Å². The number of carbonyl (C=O) groups is 1. The van der Waals surface area contributed by atoms with Gasteiger partial charge in [0.1, 0.15) is 5.69 Å². The molecule has 0 unspecified atom stereocenters. The zero-order valence-corrected chi connectivity index (χ0v) is 12.3. The number of halogens is 1. The van der Waals surface area contributed by atoms with E-state index in [9.17, 15) is 14.9 Å². The van der Waals surface area contributed by atoms with Crippen molar-refractivity contribution in [3.8, 4) is 0 Å². The van der Waals surface area contributed by atoms with Crippen LogP contribution >= 0.6 is 15.9 Å². The molecule has 0 saturated carbocycles. The Balaban J connectivity index is 2.36. The Bertz CT molecular complexity index is 671. The van der Waals surface area contributed by atoms with E-state index in [4.69, 9.17) is 5.11 Å². The summed E-state index contributed by atoms with van der Waals surface area (Å²) < 4.78 is 0.841. The summed E-state index contributed by atoms with van der Waals surface area (Å²) in [6.07, 6.45) is 0. The maximum atomic E-state index is 11.2. The molecule has 6 nitrogen and oxygen atoms in total. The van der Waals surface area contributed by atoms with Crippen LogP contribution in [-0.4, -0.2) is 16.0 Å². The van der Waals surface area contributed by atoms with E-state index in [1.54, 1.807) is 0 Å². The lowest BCUT2D eigenvalue weighted by Crippen LogP contribution is -2.09. The first-order valence-corrected chi connectivity index (χ1v) is 6.78. The molecule has 0 atom stereocenters. The number of anilines is 1. The lowest BCUT2D eigenvalue weighted by Gasteiger charge is -2.11. The van der Waals surface area contributed by atoms with Crippen LogP contribution in [-0.2, 0) is 6.54 Å². The van der Waals surface area contributed by atoms with Crippen LogP contribution in [0.15, 0.2) is 46.9 Å². The maximum Gasteiger partial charge on any atom is 0.338 e. The van der Waals surface area contributed by atoms with E-state index in [-0.39, 0.29) is 23.5 Å². The van der Waals surface area contributed by atoms with Crippen molar-refractivity contribution >= 4 is 33.3 Å². The molecule has 2 aromatic carbocycles. The molecule has 2 N–H and O–H groups in total. The number of nitro benzene ring substituents is 1. The van der Waals surface area contributed by atoms with Crippen molar-refractivity contribution in [3.63, 3.8) is 0 Å². The summed E-state index contributed by atoms with van der Waals surface area (Å²) in [5, 5.41) is 23.0. The molecule has 0 heterocycles. The van der Waals surface area contributed by atoms with Crippen LogP contribution in [0.1, 0.15) is 15.9 Å². The number of hydrogen-bond donors (Lipinski definition) is 2. The van der Waals surface area contributed by atoms with E-state index in [0.29, 0.717) is 0 Å². The minimum absolute atomic E-state index is 0.00533. The molecular weight excluding hydrogens is 340 g/mol. The molecule has 0 bridgehead atoms. The third kappa shape index (κ3) is 3.38. The number of para-hydroxylation sites is 1. The number of nitro groups is 1. The highest BCUT2D eigenvalue weighted by Gasteiger charge is 2.21. The monoisotopic (exact) mass is 350 g/mol. The highest BCUT2D eigenvalue weighted by atomic mass is 79.9. The number of nitrogens with zero attached hydrogens (tertiary/aromatic N) is 1. The highest BCUT2D eigenvalue weighted by molar-refractivity contribution is 9.10. The molecule has 0 aliphatic rings. The van der Waals surface area contributed by atoms with Gasteiger partial charge in [-0.25, -0.2) is 4.79 Å². The minimum Gasteiger partial charge on any atom is -0.478 e. The molecule has 0 fully saturated rings. The molecular formula is C14H11BrN2O4. The lowest BCUT2D eigenvalue weighted by atomic mass is 10.1. The Kier molecular flexibility index (Phi) is 4.54. The Hall–Kier alpha value is -2.41. The molecule has 0 aromatic heterocycles. The van der Waals surface area contributed by atoms with Crippen molar-refractivity contribution < 1.29 is 14.8 Å². The fourth-order valence-electron chi connectivity index (χ4n) is 1.88. The normalized spacial score (nSPS) is 10.1. The van der Waals surface area contributed by atoms with E-state index in [1.807, 2.05) is 24.3 Å². The van der Waals surface area contributed by atoms with Crippen LogP contribution in [0.4, 0.5) is 11.4 Å². The second-order valence-electron chi connectivity index (χ2n) is 4.21. The minimum atomic E-state index is -1.21. The van der Waals surface area contributed by atoms with Crippen LogP contribution < -0.4 is 5.32 Å². The highest BCUT2D eigenvalue weighted by Crippen LogP contribution is 2.29. The van der Waals surface area contributed by atoms with Gasteiger partial charge >= 0.3 is 5.97 Å². The zero-order valence-electron chi connectivity index (χ0n) is 10.7. The van der Waals surface area contributed by atoms with Gasteiger partial charge in [-0.2, -0.15) is 0 Å². The summed E-state index contributed by atoms with van der Waals surface area (Å²) in [5.74, 6) is -1.21. The molecule has 7 heteroatoms. The smallest absolute Gasteiger partial charge is 0.338 e. The quantitative estimate of drug-likeness (QED) is 0.633. The van der Waals surface area contributed by atoms with E-state index >= 15 is 0 Å². The Labute approximate surface area is 128 Å². The number of benzene rings is 2. The molecule has 108 valence electrons. The molecule has 2 rings (SSSR count). The molecule has 0 spiro atoms. The average molecular weight is 351 g/mol. The number of nitrogens with one attached hydrogen (secondary N) is 1. The Morgan fingerprint density at radius 1 is 1.24 bits per heavy atom. The summed E-state index contributed by atoms with van der Waals surface area (Å²) in [7, 11) is 0. The summed E-state index contributed by atoms with van der Waals surface area (Å²) >= 11 is 3.37. The zero-order chi connectivity index (χ0) is 15.4. The SMILES string of the molecule is O=C(O)c1cccc([N+](=O)[O-])c1NCc1ccccc1Br. The van der Waals surface area contributed by atoms with Crippen molar-refractivity contribution in [2.75, 3.05) is 5.32 Å². The van der Waals surface area contributed by atoms with Crippen molar-refractivity contribution in [1.82, 2.24) is 0 Å². The summed E-state index contributed by atoms with van der Waals surface area (Å²) in [5.41, 5.74) is 0.482. The van der Waals surface area contributed by atoms with Gasteiger partial charge in [-0.05, 0) is 17.7 Å². The van der Waals surface area contributed by atoms with Crippen molar-refractivity contribution in [1.29, 1.82) is 0 Å². The third-order valence-electron chi connectivity index (χ3n) is 2.88. The summed E-state index contributed by atoms with van der Waals surface area (Å²) in [6, 6.07) is 11.3. The third-order valence-corrected chi connectivity index (χ3v) is 3.66. The second-order valence-corrected chi connectivity index (χ2v) is 5.06. The number of aromatic carboxylic acids is 1. The summed E-state index contributed by atoms with van der Waals surface area (Å²) in [4.78, 5) is 21.6. The van der Waals surface area contributed by atoms with Crippen LogP contribution in [0, 0.1) is 10.1 Å². The van der Waals surface area contributed by atoms with E-state index < -0.39 is 10.9 Å². The van der Waals surface area contributed by atoms with Gasteiger partial charge < -0.3 is 10.4 Å². The van der Waals surface area contributed by atoms with Gasteiger partial charge in [-0.1, -0.05) is 40.2 Å². The van der Waals surface area contributed by atoms with Gasteiger partial charge in [0.05, 0.1) is 10.5 Å². The van der Waals surface area contributed by atoms with Gasteiger partial charge in [-0.3, -0.25) is 10.1 Å².